The summed E-state index contributed by atoms with van der Waals surface area (Å²) >= 11 is 0. The molecule has 0 amide bonds. The Bertz CT molecular complexity index is 1240. The molecule has 310 valence electrons. The van der Waals surface area contributed by atoms with Gasteiger partial charge in [-0.2, -0.15) is 0 Å². The van der Waals surface area contributed by atoms with Crippen LogP contribution in [0, 0.1) is 0 Å². The van der Waals surface area contributed by atoms with E-state index >= 15 is 0 Å². The average molecular weight is 797 g/mol. The summed E-state index contributed by atoms with van der Waals surface area (Å²) in [5, 5.41) is 0. The van der Waals surface area contributed by atoms with Crippen molar-refractivity contribution in [3.05, 3.63) is 53.6 Å². The number of allylic oxidation sites excluding steroid dienone is 4. The molecule has 0 radical (unpaired) electrons. The van der Waals surface area contributed by atoms with E-state index in [9.17, 15) is 22.6 Å². The van der Waals surface area contributed by atoms with Crippen molar-refractivity contribution < 1.29 is 61.6 Å². The minimum atomic E-state index is -5.02. The molecule has 0 unspecified atom stereocenters. The maximum Gasteiger partial charge on any atom is 1.00 e. The number of hydrogen-bond acceptors (Lipinski definition) is 7. The number of carbonyl (C=O) groups is 2. The number of esters is 2. The molecule has 0 aromatic heterocycles. The average Bonchev–Trinajstić information content (AvgIpc) is 3.16. The van der Waals surface area contributed by atoms with Crippen LogP contribution in [0.2, 0.25) is 0 Å². The van der Waals surface area contributed by atoms with Gasteiger partial charge in [0.15, 0.2) is 0 Å². The minimum absolute atomic E-state index is 0. The van der Waals surface area contributed by atoms with Crippen molar-refractivity contribution in [3.8, 4) is 0 Å². The molecule has 0 aliphatic carbocycles. The molecule has 0 spiro atoms. The predicted octanol–water partition coefficient (Wildman–Crippen LogP) is 10.8. The van der Waals surface area contributed by atoms with Gasteiger partial charge in [-0.3, -0.25) is 0 Å². The first kappa shape index (κ1) is 53.6. The molecule has 0 heterocycles. The topological polar surface area (TPSA) is 110 Å². The van der Waals surface area contributed by atoms with Gasteiger partial charge in [-0.15, -0.1) is 0 Å². The third-order valence-electron chi connectivity index (χ3n) is 10.00. The van der Waals surface area contributed by atoms with Crippen LogP contribution < -0.4 is 29.6 Å². The Morgan fingerprint density at radius 1 is 0.509 bits per heavy atom. The Balaban J connectivity index is 0.0000292. The molecule has 1 aromatic carbocycles. The number of benzene rings is 1. The number of ether oxygens (including phenoxy) is 2. The van der Waals surface area contributed by atoms with Gasteiger partial charge in [0.1, 0.15) is 10.1 Å². The second-order valence-corrected chi connectivity index (χ2v) is 16.3. The molecule has 0 atom stereocenters. The summed E-state index contributed by atoms with van der Waals surface area (Å²) < 4.78 is 46.7. The zero-order chi connectivity index (χ0) is 39.4. The Hall–Kier alpha value is -1.45. The maximum absolute atomic E-state index is 13.0. The summed E-state index contributed by atoms with van der Waals surface area (Å²) in [6, 6.07) is 3.62. The minimum Gasteiger partial charge on any atom is -0.744 e. The largest absolute Gasteiger partial charge is 1.00 e. The van der Waals surface area contributed by atoms with Crippen LogP contribution in [-0.4, -0.2) is 38.1 Å². The molecule has 0 saturated heterocycles. The standard InChI is InChI=1S/C46H78O7S.Na/c1-3-5-7-9-11-13-15-17-19-21-23-25-27-29-31-33-35-40-52-45(47)42-38-37-39-43(54(49,50)51)44(42)46(48)53-41-36-34-32-30-28-26-24-22-20-18-16-14-12-10-8-6-4-2;/h13-16,37-39H,3-12,17-36,40-41H2,1-2H3,(H,49,50,51);/q;+1/p-1/b15-13+,16-14+;. The molecular formula is C46H77NaO7S. The fourth-order valence-corrected chi connectivity index (χ4v) is 7.34. The van der Waals surface area contributed by atoms with Gasteiger partial charge in [-0.1, -0.05) is 173 Å². The van der Waals surface area contributed by atoms with Crippen LogP contribution in [0.4, 0.5) is 0 Å². The Kier molecular flexibility index (Phi) is 37.1. The first-order chi connectivity index (χ1) is 26.3. The zero-order valence-corrected chi connectivity index (χ0v) is 38.3. The number of carbonyl (C=O) groups excluding carboxylic acids is 2. The number of unbranched alkanes of at least 4 members (excludes halogenated alkanes) is 26. The molecule has 0 aliphatic heterocycles. The second-order valence-electron chi connectivity index (χ2n) is 15.0. The van der Waals surface area contributed by atoms with Crippen molar-refractivity contribution in [3.63, 3.8) is 0 Å². The van der Waals surface area contributed by atoms with Gasteiger partial charge in [0.25, 0.3) is 0 Å². The van der Waals surface area contributed by atoms with Gasteiger partial charge in [-0.25, -0.2) is 18.0 Å². The first-order valence-corrected chi connectivity index (χ1v) is 23.5. The van der Waals surface area contributed by atoms with Gasteiger partial charge in [0.05, 0.1) is 29.2 Å². The van der Waals surface area contributed by atoms with Gasteiger partial charge < -0.3 is 14.0 Å². The Labute approximate surface area is 359 Å². The summed E-state index contributed by atoms with van der Waals surface area (Å²) in [6.45, 7) is 4.73. The van der Waals surface area contributed by atoms with E-state index in [0.717, 1.165) is 44.6 Å². The summed E-state index contributed by atoms with van der Waals surface area (Å²) in [5.41, 5.74) is -0.781. The van der Waals surface area contributed by atoms with E-state index in [-0.39, 0.29) is 48.3 Å². The number of rotatable bonds is 37. The normalized spacial score (nSPS) is 11.7. The van der Waals surface area contributed by atoms with Crippen molar-refractivity contribution in [2.75, 3.05) is 13.2 Å². The van der Waals surface area contributed by atoms with Gasteiger partial charge in [0, 0.05) is 0 Å². The second kappa shape index (κ2) is 38.1. The molecule has 55 heavy (non-hydrogen) atoms. The molecular weight excluding hydrogens is 720 g/mol. The van der Waals surface area contributed by atoms with E-state index in [4.69, 9.17) is 9.47 Å². The number of hydrogen-bond donors (Lipinski definition) is 0. The van der Waals surface area contributed by atoms with E-state index in [0.29, 0.717) is 12.8 Å². The summed E-state index contributed by atoms with van der Waals surface area (Å²) in [7, 11) is -5.02. The zero-order valence-electron chi connectivity index (χ0n) is 35.4. The van der Waals surface area contributed by atoms with Gasteiger partial charge >= 0.3 is 41.5 Å². The van der Waals surface area contributed by atoms with Crippen LogP contribution in [0.5, 0.6) is 0 Å². The molecule has 0 N–H and O–H groups in total. The van der Waals surface area contributed by atoms with Gasteiger partial charge in [0.2, 0.25) is 0 Å². The summed E-state index contributed by atoms with van der Waals surface area (Å²) in [6.07, 6.45) is 44.6. The Morgan fingerprint density at radius 2 is 0.836 bits per heavy atom. The molecule has 0 aliphatic rings. The molecule has 0 saturated carbocycles. The first-order valence-electron chi connectivity index (χ1n) is 22.1. The van der Waals surface area contributed by atoms with E-state index in [1.165, 1.54) is 153 Å². The molecule has 1 rings (SSSR count). The third-order valence-corrected chi connectivity index (χ3v) is 10.9. The SMILES string of the molecule is CCCCCC/C=C/CCCCCCCCCCCOC(=O)c1cccc(S(=O)(=O)[O-])c1C(=O)OCCCCCCCCCCC/C=C/CCCCCC.[Na+]. The smallest absolute Gasteiger partial charge is 0.744 e. The third kappa shape index (κ3) is 30.3. The van der Waals surface area contributed by atoms with Crippen LogP contribution in [0.15, 0.2) is 47.4 Å². The predicted molar refractivity (Wildman–Crippen MR) is 223 cm³/mol. The fraction of sp³-hybridized carbons (Fsp3) is 0.739. The molecule has 7 nitrogen and oxygen atoms in total. The quantitative estimate of drug-likeness (QED) is 0.0217. The van der Waals surface area contributed by atoms with Crippen molar-refractivity contribution in [1.29, 1.82) is 0 Å². The summed E-state index contributed by atoms with van der Waals surface area (Å²) in [5.74, 6) is -1.81. The van der Waals surface area contributed by atoms with Crippen LogP contribution in [-0.2, 0) is 19.6 Å². The molecule has 0 fully saturated rings. The van der Waals surface area contributed by atoms with E-state index in [1.807, 2.05) is 0 Å². The van der Waals surface area contributed by atoms with E-state index in [2.05, 4.69) is 38.2 Å². The van der Waals surface area contributed by atoms with Crippen molar-refractivity contribution >= 4 is 22.1 Å². The van der Waals surface area contributed by atoms with Crippen LogP contribution in [0.3, 0.4) is 0 Å². The fourth-order valence-electron chi connectivity index (χ4n) is 6.65. The molecule has 0 bridgehead atoms. The molecule has 9 heteroatoms. The van der Waals surface area contributed by atoms with Gasteiger partial charge in [-0.05, 0) is 76.3 Å². The van der Waals surface area contributed by atoms with Crippen LogP contribution >= 0.6 is 0 Å². The monoisotopic (exact) mass is 797 g/mol. The maximum atomic E-state index is 13.0. The van der Waals surface area contributed by atoms with Crippen LogP contribution in [0.25, 0.3) is 0 Å². The van der Waals surface area contributed by atoms with Crippen molar-refractivity contribution in [1.82, 2.24) is 0 Å². The Morgan fingerprint density at radius 3 is 1.20 bits per heavy atom. The van der Waals surface area contributed by atoms with Crippen molar-refractivity contribution in [2.24, 2.45) is 0 Å². The summed E-state index contributed by atoms with van der Waals surface area (Å²) in [4.78, 5) is 25.2. The van der Waals surface area contributed by atoms with E-state index < -0.39 is 32.5 Å². The van der Waals surface area contributed by atoms with Crippen LogP contribution in [0.1, 0.15) is 227 Å². The van der Waals surface area contributed by atoms with E-state index in [1.54, 1.807) is 0 Å². The van der Waals surface area contributed by atoms with Crippen molar-refractivity contribution in [2.45, 2.75) is 211 Å². The molecule has 1 aromatic rings.